The van der Waals surface area contributed by atoms with Gasteiger partial charge in [-0.05, 0) is 101 Å². The maximum Gasteiger partial charge on any atom is 0.325 e. The van der Waals surface area contributed by atoms with Gasteiger partial charge >= 0.3 is 5.97 Å². The third kappa shape index (κ3) is 11.0. The van der Waals surface area contributed by atoms with Gasteiger partial charge in [-0.15, -0.1) is 11.3 Å². The van der Waals surface area contributed by atoms with Gasteiger partial charge in [0.2, 0.25) is 5.91 Å². The van der Waals surface area contributed by atoms with Gasteiger partial charge in [0, 0.05) is 135 Å². The van der Waals surface area contributed by atoms with Crippen LogP contribution in [-0.2, 0) is 51.0 Å². The SMILES string of the molecule is CO[C@@H](C)c1ncc(N2CCN(C3CC3)CC2)cc1-c1c2c3cc(ccc3n1CCO[C@H]1CCOC(C)(C)C1)-c1csc(n1)[C@@H](N1CCOCC1)[C@H](NC(=O)[C@@H]1[C@@H](C)[C@H]1c1ccncn1)C(=O)N1N[C@H](C(=O)OCC(C)(C)C2)C2CC1C2. The zero-order chi connectivity index (χ0) is 56.6. The lowest BCUT2D eigenvalue weighted by atomic mass is 9.73. The first kappa shape index (κ1) is 55.7. The molecule has 6 aliphatic heterocycles. The van der Waals surface area contributed by atoms with E-state index in [1.54, 1.807) is 18.3 Å². The van der Waals surface area contributed by atoms with Crippen molar-refractivity contribution < 1.29 is 38.1 Å². The van der Waals surface area contributed by atoms with Crippen molar-refractivity contribution in [3.8, 4) is 22.5 Å². The van der Waals surface area contributed by atoms with Crippen LogP contribution in [0.15, 0.2) is 54.4 Å². The molecule has 10 heterocycles. The Hall–Kier alpha value is -5.45. The number of cyclic esters (lactones) is 1. The van der Waals surface area contributed by atoms with E-state index in [4.69, 9.17) is 33.7 Å². The molecule has 1 aromatic carbocycles. The van der Waals surface area contributed by atoms with Crippen LogP contribution >= 0.6 is 11.3 Å². The fraction of sp³-hybridized carbons (Fsp3) is 0.629. The van der Waals surface area contributed by atoms with E-state index in [1.807, 2.05) is 12.3 Å². The molecule has 0 radical (unpaired) electrons. The van der Waals surface area contributed by atoms with Crippen molar-refractivity contribution in [2.45, 2.75) is 147 Å². The Morgan fingerprint density at radius 2 is 1.77 bits per heavy atom. The number of pyridine rings is 1. The van der Waals surface area contributed by atoms with Crippen molar-refractivity contribution in [1.29, 1.82) is 0 Å². The number of piperazine rings is 1. The number of amides is 2. The number of esters is 1. The second-order valence-electron chi connectivity index (χ2n) is 25.9. The number of carbonyl (C=O) groups excluding carboxylic acids is 3. The van der Waals surface area contributed by atoms with Gasteiger partial charge in [-0.25, -0.2) is 20.4 Å². The normalized spacial score (nSPS) is 29.9. The van der Waals surface area contributed by atoms with E-state index in [-0.39, 0.29) is 60.0 Å². The monoisotopic (exact) mass is 1140 g/mol. The zero-order valence-electron chi connectivity index (χ0n) is 48.7. The van der Waals surface area contributed by atoms with Crippen LogP contribution < -0.4 is 15.6 Å². The molecule has 4 aromatic heterocycles. The van der Waals surface area contributed by atoms with Crippen LogP contribution in [0.25, 0.3) is 33.4 Å². The third-order valence-corrected chi connectivity index (χ3v) is 20.1. The van der Waals surface area contributed by atoms with Crippen LogP contribution in [0.3, 0.4) is 0 Å². The van der Waals surface area contributed by atoms with Crippen LogP contribution in [0.2, 0.25) is 0 Å². The molecule has 9 aliphatic rings. The molecule has 14 rings (SSSR count). The minimum absolute atomic E-state index is 0.00382. The molecule has 8 fully saturated rings. The first-order valence-electron chi connectivity index (χ1n) is 30.1. The minimum atomic E-state index is -1.06. The molecule has 0 unspecified atom stereocenters. The number of thiazole rings is 1. The lowest BCUT2D eigenvalue weighted by molar-refractivity contribution is -0.172. The Kier molecular flexibility index (Phi) is 15.3. The second kappa shape index (κ2) is 22.5. The highest BCUT2D eigenvalue weighted by molar-refractivity contribution is 7.10. The lowest BCUT2D eigenvalue weighted by Crippen LogP contribution is -2.72. The van der Waals surface area contributed by atoms with Crippen LogP contribution in [-0.4, -0.2) is 172 Å². The molecular formula is C62H81N11O8S. The molecule has 20 heteroatoms. The van der Waals surface area contributed by atoms with Crippen molar-refractivity contribution in [2.75, 3.05) is 84.3 Å². The fourth-order valence-corrected chi connectivity index (χ4v) is 15.2. The highest BCUT2D eigenvalue weighted by atomic mass is 32.1. The number of hydrazine groups is 1. The van der Waals surface area contributed by atoms with Crippen molar-refractivity contribution >= 4 is 45.7 Å². The molecule has 0 spiro atoms. The van der Waals surface area contributed by atoms with Gasteiger partial charge in [-0.3, -0.25) is 34.2 Å². The van der Waals surface area contributed by atoms with Crippen LogP contribution in [0.1, 0.15) is 120 Å². The number of hydrogen-bond acceptors (Lipinski definition) is 17. The lowest BCUT2D eigenvalue weighted by Gasteiger charge is -2.53. The van der Waals surface area contributed by atoms with Crippen LogP contribution in [0.4, 0.5) is 5.69 Å². The van der Waals surface area contributed by atoms with E-state index in [0.717, 1.165) is 95.1 Å². The summed E-state index contributed by atoms with van der Waals surface area (Å²) in [6, 6.07) is 8.96. The van der Waals surface area contributed by atoms with Crippen molar-refractivity contribution in [3.63, 3.8) is 0 Å². The number of nitrogens with one attached hydrogen (secondary N) is 2. The molecule has 8 bridgehead atoms. The molecule has 3 saturated carbocycles. The number of morpholine rings is 1. The number of anilines is 1. The number of carbonyl (C=O) groups is 3. The average molecular weight is 1140 g/mol. The standard InChI is InChI=1S/C62H81N11O8S/c1-36-50(47-12-14-63-35-65-47)51(36)57(74)67-54-56(71-19-23-78-24-20-71)58-66-48(33-82-58)38-8-11-49-44(28-38)46(31-61(3,4)34-80-60(76)53-39-26-41(27-39)73(68-53)59(54)75)55(72(49)21-25-79-43-13-22-81-62(5,6)30-43)45-29-42(32-64-52(45)37(2)77-7)70-17-15-69(16-18-70)40-9-10-40/h8,11-12,14,28-29,32-33,35-37,39-41,43,50-51,53-54,56,68H,9-10,13,15-27,30-31,34H2,1-7H3,(H,67,74)/t36-,37-,39?,41?,43-,50-,51+,53-,54-,56-/m0/s1. The first-order chi connectivity index (χ1) is 39.6. The summed E-state index contributed by atoms with van der Waals surface area (Å²) in [7, 11) is 1.75. The van der Waals surface area contributed by atoms with E-state index in [2.05, 4.69) is 111 Å². The number of hydrogen-bond donors (Lipinski definition) is 2. The van der Waals surface area contributed by atoms with Gasteiger partial charge in [0.05, 0.1) is 79.2 Å². The van der Waals surface area contributed by atoms with Crippen molar-refractivity contribution in [1.82, 2.24) is 50.1 Å². The van der Waals surface area contributed by atoms with Gasteiger partial charge in [-0.2, -0.15) is 0 Å². The van der Waals surface area contributed by atoms with Crippen LogP contribution in [0, 0.1) is 23.2 Å². The Morgan fingerprint density at radius 1 is 0.963 bits per heavy atom. The number of rotatable bonds is 13. The highest BCUT2D eigenvalue weighted by Gasteiger charge is 2.56. The predicted octanol–water partition coefficient (Wildman–Crippen LogP) is 7.11. The van der Waals surface area contributed by atoms with E-state index in [9.17, 15) is 9.59 Å². The molecular weight excluding hydrogens is 1060 g/mol. The first-order valence-corrected chi connectivity index (χ1v) is 31.0. The second-order valence-corrected chi connectivity index (χ2v) is 26.8. The van der Waals surface area contributed by atoms with Crippen LogP contribution in [0.5, 0.6) is 0 Å². The Morgan fingerprint density at radius 3 is 2.51 bits per heavy atom. The van der Waals surface area contributed by atoms with E-state index in [1.165, 1.54) is 30.5 Å². The van der Waals surface area contributed by atoms with Gasteiger partial charge in [0.1, 0.15) is 23.4 Å². The Bertz CT molecular complexity index is 3160. The predicted molar refractivity (Wildman–Crippen MR) is 311 cm³/mol. The summed E-state index contributed by atoms with van der Waals surface area (Å²) in [4.78, 5) is 72.0. The summed E-state index contributed by atoms with van der Waals surface area (Å²) in [5.41, 5.74) is 11.2. The van der Waals surface area contributed by atoms with E-state index in [0.29, 0.717) is 76.4 Å². The smallest absolute Gasteiger partial charge is 0.325 e. The quantitative estimate of drug-likeness (QED) is 0.113. The number of methoxy groups -OCH3 is 1. The van der Waals surface area contributed by atoms with Gasteiger partial charge < -0.3 is 38.5 Å². The van der Waals surface area contributed by atoms with E-state index >= 15 is 4.79 Å². The van der Waals surface area contributed by atoms with Gasteiger partial charge in [-0.1, -0.05) is 26.8 Å². The number of aromatic nitrogens is 5. The highest BCUT2D eigenvalue weighted by Crippen LogP contribution is 2.53. The van der Waals surface area contributed by atoms with Gasteiger partial charge in [0.15, 0.2) is 0 Å². The molecule has 8 atom stereocenters. The number of nitrogens with zero attached hydrogens (tertiary/aromatic N) is 9. The largest absolute Gasteiger partial charge is 0.464 e. The summed E-state index contributed by atoms with van der Waals surface area (Å²) < 4.78 is 34.0. The minimum Gasteiger partial charge on any atom is -0.464 e. The average Bonchev–Trinajstić information content (AvgIpc) is 3.34. The van der Waals surface area contributed by atoms with E-state index < -0.39 is 35.4 Å². The topological polar surface area (TPSA) is 191 Å². The molecule has 5 saturated heterocycles. The number of fused-ring (bicyclic) bond motifs is 4. The fourth-order valence-electron chi connectivity index (χ4n) is 14.2. The molecule has 2 amide bonds. The maximum atomic E-state index is 15.7. The summed E-state index contributed by atoms with van der Waals surface area (Å²) in [5.74, 6) is -1.41. The third-order valence-electron chi connectivity index (χ3n) is 19.2. The molecule has 19 nitrogen and oxygen atoms in total. The Labute approximate surface area is 485 Å². The molecule has 82 heavy (non-hydrogen) atoms. The number of benzene rings is 1. The molecule has 3 aliphatic carbocycles. The Balaban J connectivity index is 0.947. The molecule has 2 N–H and O–H groups in total. The molecule has 438 valence electrons. The zero-order valence-corrected chi connectivity index (χ0v) is 49.5. The van der Waals surface area contributed by atoms with Crippen molar-refractivity contribution in [2.24, 2.45) is 23.2 Å². The number of ether oxygens (including phenoxy) is 5. The summed E-state index contributed by atoms with van der Waals surface area (Å²) in [6.45, 7) is 20.5. The molecule has 5 aromatic rings. The van der Waals surface area contributed by atoms with Gasteiger partial charge in [0.25, 0.3) is 5.91 Å². The maximum absolute atomic E-state index is 15.7. The summed E-state index contributed by atoms with van der Waals surface area (Å²) >= 11 is 1.50. The summed E-state index contributed by atoms with van der Waals surface area (Å²) in [5, 5.41) is 8.84. The summed E-state index contributed by atoms with van der Waals surface area (Å²) in [6.07, 6.45) is 11.1. The van der Waals surface area contributed by atoms with Crippen molar-refractivity contribution in [3.05, 3.63) is 76.4 Å².